The van der Waals surface area contributed by atoms with Gasteiger partial charge in [-0.25, -0.2) is 0 Å². The molecule has 2 rings (SSSR count). The topological polar surface area (TPSA) is 49.4 Å². The van der Waals surface area contributed by atoms with Gasteiger partial charge in [0.05, 0.1) is 5.75 Å². The summed E-state index contributed by atoms with van der Waals surface area (Å²) in [5, 5.41) is 3.79. The Labute approximate surface area is 180 Å². The van der Waals surface area contributed by atoms with Crippen LogP contribution < -0.4 is 5.32 Å². The van der Waals surface area contributed by atoms with E-state index in [1.807, 2.05) is 31.2 Å². The fourth-order valence-electron chi connectivity index (χ4n) is 2.76. The normalized spacial score (nSPS) is 11.8. The molecule has 1 N–H and O–H groups in total. The van der Waals surface area contributed by atoms with Gasteiger partial charge in [0.2, 0.25) is 11.8 Å². The van der Waals surface area contributed by atoms with Crippen molar-refractivity contribution in [3.05, 3.63) is 69.2 Å². The molecule has 0 saturated carbocycles. The number of nitrogens with one attached hydrogen (secondary N) is 1. The first-order valence-electron chi connectivity index (χ1n) is 8.91. The van der Waals surface area contributed by atoms with Crippen LogP contribution >= 0.6 is 35.0 Å². The maximum absolute atomic E-state index is 12.9. The lowest BCUT2D eigenvalue weighted by molar-refractivity contribution is -0.138. The Bertz CT molecular complexity index is 825. The molecule has 7 heteroatoms. The molecular formula is C21H24Cl2N2O2S. The van der Waals surface area contributed by atoms with Gasteiger partial charge in [0, 0.05) is 29.4 Å². The third kappa shape index (κ3) is 5.90. The second kappa shape index (κ2) is 10.7. The Morgan fingerprint density at radius 1 is 1.11 bits per heavy atom. The number of amides is 2. The second-order valence-corrected chi connectivity index (χ2v) is 8.23. The highest BCUT2D eigenvalue weighted by atomic mass is 35.5. The Morgan fingerprint density at radius 2 is 1.75 bits per heavy atom. The van der Waals surface area contributed by atoms with Gasteiger partial charge in [-0.3, -0.25) is 9.59 Å². The number of likely N-dealkylation sites (N-methyl/N-ethyl adjacent to an activating group) is 1. The maximum atomic E-state index is 12.9. The van der Waals surface area contributed by atoms with E-state index < -0.39 is 6.04 Å². The van der Waals surface area contributed by atoms with E-state index in [0.717, 1.165) is 16.7 Å². The molecule has 0 unspecified atom stereocenters. The molecule has 0 spiro atoms. The van der Waals surface area contributed by atoms with Crippen LogP contribution in [-0.4, -0.2) is 35.6 Å². The lowest BCUT2D eigenvalue weighted by Crippen LogP contribution is -2.47. The van der Waals surface area contributed by atoms with Gasteiger partial charge in [0.15, 0.2) is 0 Å². The highest BCUT2D eigenvalue weighted by molar-refractivity contribution is 7.99. The molecule has 2 aromatic carbocycles. The van der Waals surface area contributed by atoms with Gasteiger partial charge in [0.25, 0.3) is 0 Å². The first-order valence-corrected chi connectivity index (χ1v) is 10.8. The van der Waals surface area contributed by atoms with Crippen LogP contribution in [-0.2, 0) is 21.9 Å². The summed E-state index contributed by atoms with van der Waals surface area (Å²) < 4.78 is 0. The quantitative estimate of drug-likeness (QED) is 0.649. The number of aryl methyl sites for hydroxylation is 1. The summed E-state index contributed by atoms with van der Waals surface area (Å²) >= 11 is 13.8. The fourth-order valence-corrected chi connectivity index (χ4v) is 4.40. The van der Waals surface area contributed by atoms with Crippen molar-refractivity contribution in [1.82, 2.24) is 10.2 Å². The first kappa shape index (κ1) is 22.6. The summed E-state index contributed by atoms with van der Waals surface area (Å²) in [4.78, 5) is 26.7. The smallest absolute Gasteiger partial charge is 0.242 e. The van der Waals surface area contributed by atoms with Crippen LogP contribution in [0.25, 0.3) is 0 Å². The predicted molar refractivity (Wildman–Crippen MR) is 118 cm³/mol. The van der Waals surface area contributed by atoms with Crippen molar-refractivity contribution < 1.29 is 9.59 Å². The molecular weight excluding hydrogens is 415 g/mol. The molecule has 1 atom stereocenters. The molecule has 0 bridgehead atoms. The molecule has 2 aromatic rings. The molecule has 0 aliphatic heterocycles. The van der Waals surface area contributed by atoms with Crippen LogP contribution in [0.2, 0.25) is 10.0 Å². The Kier molecular flexibility index (Phi) is 8.67. The highest BCUT2D eigenvalue weighted by Crippen LogP contribution is 2.28. The first-order chi connectivity index (χ1) is 13.3. The van der Waals surface area contributed by atoms with Gasteiger partial charge in [-0.1, -0.05) is 53.5 Å². The minimum absolute atomic E-state index is 0.104. The molecule has 0 heterocycles. The van der Waals surface area contributed by atoms with Gasteiger partial charge in [-0.15, -0.1) is 11.8 Å². The highest BCUT2D eigenvalue weighted by Gasteiger charge is 2.25. The molecule has 0 aliphatic carbocycles. The molecule has 0 saturated heterocycles. The van der Waals surface area contributed by atoms with E-state index in [1.54, 1.807) is 37.1 Å². The van der Waals surface area contributed by atoms with E-state index in [9.17, 15) is 9.59 Å². The summed E-state index contributed by atoms with van der Waals surface area (Å²) in [5.41, 5.74) is 2.92. The van der Waals surface area contributed by atoms with Crippen molar-refractivity contribution in [3.8, 4) is 0 Å². The SMILES string of the molecule is CNC(=O)[C@@H](C)N(Cc1ccccc1C)C(=O)CSCc1c(Cl)cccc1Cl. The molecule has 150 valence electrons. The average molecular weight is 439 g/mol. The molecule has 0 aliphatic rings. The number of nitrogens with zero attached hydrogens (tertiary/aromatic N) is 1. The summed E-state index contributed by atoms with van der Waals surface area (Å²) in [6, 6.07) is 12.6. The van der Waals surface area contributed by atoms with Gasteiger partial charge in [-0.2, -0.15) is 0 Å². The molecule has 0 aromatic heterocycles. The van der Waals surface area contributed by atoms with Crippen LogP contribution in [0.15, 0.2) is 42.5 Å². The molecule has 2 amide bonds. The van der Waals surface area contributed by atoms with Crippen molar-refractivity contribution in [2.45, 2.75) is 32.2 Å². The lowest BCUT2D eigenvalue weighted by Gasteiger charge is -2.29. The zero-order chi connectivity index (χ0) is 20.7. The van der Waals surface area contributed by atoms with E-state index in [4.69, 9.17) is 23.2 Å². The molecule has 0 radical (unpaired) electrons. The maximum Gasteiger partial charge on any atom is 0.242 e. The zero-order valence-corrected chi connectivity index (χ0v) is 18.5. The van der Waals surface area contributed by atoms with Crippen LogP contribution in [0.4, 0.5) is 0 Å². The van der Waals surface area contributed by atoms with Gasteiger partial charge >= 0.3 is 0 Å². The van der Waals surface area contributed by atoms with Crippen LogP contribution in [0.5, 0.6) is 0 Å². The van der Waals surface area contributed by atoms with Gasteiger partial charge in [-0.05, 0) is 42.7 Å². The number of hydrogen-bond donors (Lipinski definition) is 1. The summed E-state index contributed by atoms with van der Waals surface area (Å²) in [5.74, 6) is 0.458. The van der Waals surface area contributed by atoms with Gasteiger partial charge in [0.1, 0.15) is 6.04 Å². The molecule has 0 fully saturated rings. The number of rotatable bonds is 8. The average Bonchev–Trinajstić information content (AvgIpc) is 2.68. The minimum atomic E-state index is -0.568. The van der Waals surface area contributed by atoms with Crippen molar-refractivity contribution in [3.63, 3.8) is 0 Å². The van der Waals surface area contributed by atoms with E-state index in [0.29, 0.717) is 22.3 Å². The molecule has 4 nitrogen and oxygen atoms in total. The number of benzene rings is 2. The second-order valence-electron chi connectivity index (χ2n) is 6.43. The van der Waals surface area contributed by atoms with E-state index in [2.05, 4.69) is 5.32 Å². The Hall–Kier alpha value is -1.69. The number of thioether (sulfide) groups is 1. The zero-order valence-electron chi connectivity index (χ0n) is 16.2. The van der Waals surface area contributed by atoms with E-state index >= 15 is 0 Å². The van der Waals surface area contributed by atoms with Crippen molar-refractivity contribution in [1.29, 1.82) is 0 Å². The predicted octanol–water partition coefficient (Wildman–Crippen LogP) is 4.70. The van der Waals surface area contributed by atoms with Crippen molar-refractivity contribution in [2.24, 2.45) is 0 Å². The van der Waals surface area contributed by atoms with Gasteiger partial charge < -0.3 is 10.2 Å². The summed E-state index contributed by atoms with van der Waals surface area (Å²) in [7, 11) is 1.57. The van der Waals surface area contributed by atoms with Crippen molar-refractivity contribution >= 4 is 46.8 Å². The Balaban J connectivity index is 2.10. The third-order valence-corrected chi connectivity index (χ3v) is 6.20. The Morgan fingerprint density at radius 3 is 2.36 bits per heavy atom. The number of carbonyl (C=O) groups excluding carboxylic acids is 2. The number of hydrogen-bond acceptors (Lipinski definition) is 3. The lowest BCUT2D eigenvalue weighted by atomic mass is 10.1. The summed E-state index contributed by atoms with van der Waals surface area (Å²) in [6.45, 7) is 4.12. The van der Waals surface area contributed by atoms with Crippen LogP contribution in [0.3, 0.4) is 0 Å². The number of halogens is 2. The standard InChI is InChI=1S/C21H24Cl2N2O2S/c1-14-7-4-5-8-16(14)11-25(15(2)21(27)24-3)20(26)13-28-12-17-18(22)9-6-10-19(17)23/h4-10,15H,11-13H2,1-3H3,(H,24,27)/t15-/m1/s1. The van der Waals surface area contributed by atoms with Crippen LogP contribution in [0.1, 0.15) is 23.6 Å². The third-order valence-electron chi connectivity index (χ3n) is 4.55. The molecule has 28 heavy (non-hydrogen) atoms. The summed E-state index contributed by atoms with van der Waals surface area (Å²) in [6.07, 6.45) is 0. The largest absolute Gasteiger partial charge is 0.357 e. The minimum Gasteiger partial charge on any atom is -0.357 e. The fraction of sp³-hybridized carbons (Fsp3) is 0.333. The van der Waals surface area contributed by atoms with E-state index in [-0.39, 0.29) is 17.6 Å². The monoisotopic (exact) mass is 438 g/mol. The van der Waals surface area contributed by atoms with Crippen LogP contribution in [0, 0.1) is 6.92 Å². The number of carbonyl (C=O) groups is 2. The van der Waals surface area contributed by atoms with E-state index in [1.165, 1.54) is 11.8 Å². The van der Waals surface area contributed by atoms with Crippen molar-refractivity contribution in [2.75, 3.05) is 12.8 Å².